The molecule has 0 N–H and O–H groups in total. The van der Waals surface area contributed by atoms with Crippen LogP contribution in [0.2, 0.25) is 0 Å². The lowest BCUT2D eigenvalue weighted by Crippen LogP contribution is -2.14. The summed E-state index contributed by atoms with van der Waals surface area (Å²) in [5.74, 6) is 1.97. The Labute approximate surface area is 204 Å². The molecule has 0 spiro atoms. The maximum absolute atomic E-state index is 12.1. The smallest absolute Gasteiger partial charge is 0.330 e. The van der Waals surface area contributed by atoms with E-state index in [4.69, 9.17) is 4.18 Å². The van der Waals surface area contributed by atoms with E-state index in [-0.39, 0.29) is 11.2 Å². The molecule has 0 aliphatic heterocycles. The van der Waals surface area contributed by atoms with E-state index in [1.54, 1.807) is 11.8 Å². The van der Waals surface area contributed by atoms with E-state index in [9.17, 15) is 4.79 Å². The molecule has 2 nitrogen and oxygen atoms in total. The summed E-state index contributed by atoms with van der Waals surface area (Å²) in [5, 5.41) is -0.0289. The zero-order valence-corrected chi connectivity index (χ0v) is 22.9. The normalized spacial score (nSPS) is 12.2. The predicted molar refractivity (Wildman–Crippen MR) is 144 cm³/mol. The molecule has 0 bridgehead atoms. The van der Waals surface area contributed by atoms with Crippen molar-refractivity contribution in [2.75, 3.05) is 11.5 Å². The van der Waals surface area contributed by atoms with Gasteiger partial charge in [0.05, 0.1) is 12.0 Å². The minimum absolute atomic E-state index is 0.0289. The fourth-order valence-electron chi connectivity index (χ4n) is 3.73. The molecule has 0 heterocycles. The molecule has 0 saturated heterocycles. The lowest BCUT2D eigenvalue weighted by atomic mass is 10.1. The summed E-state index contributed by atoms with van der Waals surface area (Å²) in [7, 11) is 0. The molecule has 4 heteroatoms. The minimum atomic E-state index is -0.0471. The van der Waals surface area contributed by atoms with E-state index < -0.39 is 0 Å². The van der Waals surface area contributed by atoms with Crippen LogP contribution in [0.1, 0.15) is 149 Å². The molecule has 0 amide bonds. The van der Waals surface area contributed by atoms with Gasteiger partial charge in [-0.15, -0.1) is 11.8 Å². The van der Waals surface area contributed by atoms with Crippen LogP contribution in [0.15, 0.2) is 0 Å². The predicted octanol–water partition coefficient (Wildman–Crippen LogP) is 10.1. The molecule has 0 aliphatic rings. The number of hydrogen-bond acceptors (Lipinski definition) is 4. The van der Waals surface area contributed by atoms with Gasteiger partial charge in [-0.25, -0.2) is 4.79 Å². The first-order valence-electron chi connectivity index (χ1n) is 13.7. The maximum Gasteiger partial charge on any atom is 0.330 e. The third-order valence-electron chi connectivity index (χ3n) is 5.92. The molecule has 0 fully saturated rings. The van der Waals surface area contributed by atoms with Crippen LogP contribution >= 0.6 is 23.8 Å². The van der Waals surface area contributed by atoms with Crippen LogP contribution in [0.4, 0.5) is 0 Å². The van der Waals surface area contributed by atoms with Gasteiger partial charge in [0.25, 0.3) is 0 Å². The quantitative estimate of drug-likeness (QED) is 0.0970. The molecule has 0 aromatic rings. The number of hydrogen-bond donors (Lipinski definition) is 0. The molecule has 0 aromatic carbocycles. The van der Waals surface area contributed by atoms with Crippen LogP contribution < -0.4 is 0 Å². The van der Waals surface area contributed by atoms with Crippen molar-refractivity contribution >= 4 is 29.8 Å². The van der Waals surface area contributed by atoms with Crippen molar-refractivity contribution in [2.24, 2.45) is 0 Å². The second kappa shape index (κ2) is 26.4. The van der Waals surface area contributed by atoms with Crippen molar-refractivity contribution in [1.82, 2.24) is 0 Å². The lowest BCUT2D eigenvalue weighted by molar-refractivity contribution is -0.132. The topological polar surface area (TPSA) is 26.3 Å². The Morgan fingerprint density at radius 1 is 0.581 bits per heavy atom. The number of carbonyl (C=O) groups is 1. The van der Waals surface area contributed by atoms with Gasteiger partial charge in [0.15, 0.2) is 0 Å². The highest BCUT2D eigenvalue weighted by atomic mass is 32.2. The third-order valence-corrected chi connectivity index (χ3v) is 7.87. The van der Waals surface area contributed by atoms with Gasteiger partial charge < -0.3 is 4.18 Å². The van der Waals surface area contributed by atoms with Gasteiger partial charge in [-0.2, -0.15) is 0 Å². The van der Waals surface area contributed by atoms with E-state index in [2.05, 4.69) is 13.8 Å². The van der Waals surface area contributed by atoms with Crippen molar-refractivity contribution in [2.45, 2.75) is 154 Å². The molecular formula is C27H54O2S2. The zero-order chi connectivity index (χ0) is 22.8. The van der Waals surface area contributed by atoms with Gasteiger partial charge >= 0.3 is 5.97 Å². The SMILES string of the molecule is CCCCCCCCCCCCSOC(=O)C(C)SCCCCCCCCCCCC. The van der Waals surface area contributed by atoms with Gasteiger partial charge in [-0.1, -0.05) is 129 Å². The fourth-order valence-corrected chi connectivity index (χ4v) is 5.37. The average molecular weight is 475 g/mol. The first-order chi connectivity index (χ1) is 15.2. The number of thioether (sulfide) groups is 1. The highest BCUT2D eigenvalue weighted by Crippen LogP contribution is 2.19. The maximum atomic E-state index is 12.1. The van der Waals surface area contributed by atoms with E-state index >= 15 is 0 Å². The Bertz CT molecular complexity index is 363. The van der Waals surface area contributed by atoms with E-state index in [1.807, 2.05) is 6.92 Å². The Kier molecular flexibility index (Phi) is 26.6. The van der Waals surface area contributed by atoms with Gasteiger partial charge in [0.1, 0.15) is 5.25 Å². The first kappa shape index (κ1) is 31.2. The monoisotopic (exact) mass is 474 g/mol. The Balaban J connectivity index is 3.30. The van der Waals surface area contributed by atoms with Gasteiger partial charge in [-0.3, -0.25) is 0 Å². The molecule has 0 aromatic heterocycles. The van der Waals surface area contributed by atoms with E-state index in [0.29, 0.717) is 0 Å². The van der Waals surface area contributed by atoms with E-state index in [0.717, 1.165) is 17.9 Å². The first-order valence-corrected chi connectivity index (χ1v) is 15.6. The Hall–Kier alpha value is 0.170. The number of carbonyl (C=O) groups excluding carboxylic acids is 1. The molecule has 31 heavy (non-hydrogen) atoms. The summed E-state index contributed by atoms with van der Waals surface area (Å²) in [6.07, 6.45) is 27.1. The Morgan fingerprint density at radius 3 is 1.35 bits per heavy atom. The highest BCUT2D eigenvalue weighted by Gasteiger charge is 2.15. The highest BCUT2D eigenvalue weighted by molar-refractivity contribution is 8.00. The molecule has 1 atom stereocenters. The molecule has 1 unspecified atom stereocenters. The van der Waals surface area contributed by atoms with Crippen molar-refractivity contribution in [1.29, 1.82) is 0 Å². The number of rotatable bonds is 25. The van der Waals surface area contributed by atoms with Crippen molar-refractivity contribution in [3.63, 3.8) is 0 Å². The van der Waals surface area contributed by atoms with Crippen LogP contribution in [-0.2, 0) is 8.98 Å². The van der Waals surface area contributed by atoms with Gasteiger partial charge in [0, 0.05) is 5.75 Å². The molecule has 0 rings (SSSR count). The standard InChI is InChI=1S/C27H54O2S2/c1-4-6-8-10-12-14-16-18-20-22-24-30-26(3)27(28)29-31-25-23-21-19-17-15-13-11-9-7-5-2/h26H,4-25H2,1-3H3. The fraction of sp³-hybridized carbons (Fsp3) is 0.963. The average Bonchev–Trinajstić information content (AvgIpc) is 2.77. The lowest BCUT2D eigenvalue weighted by Gasteiger charge is -2.10. The van der Waals surface area contributed by atoms with Crippen molar-refractivity contribution < 1.29 is 8.98 Å². The van der Waals surface area contributed by atoms with Gasteiger partial charge in [-0.05, 0) is 25.5 Å². The Morgan fingerprint density at radius 2 is 0.935 bits per heavy atom. The minimum Gasteiger partial charge on any atom is -0.391 e. The van der Waals surface area contributed by atoms with Crippen LogP contribution in [0, 0.1) is 0 Å². The number of unbranched alkanes of at least 4 members (excludes halogenated alkanes) is 18. The molecule has 0 radical (unpaired) electrons. The van der Waals surface area contributed by atoms with E-state index in [1.165, 1.54) is 134 Å². The summed E-state index contributed by atoms with van der Waals surface area (Å²) < 4.78 is 5.39. The third kappa shape index (κ3) is 24.6. The van der Waals surface area contributed by atoms with Crippen LogP contribution in [0.5, 0.6) is 0 Å². The summed E-state index contributed by atoms with van der Waals surface area (Å²) >= 11 is 3.12. The summed E-state index contributed by atoms with van der Waals surface area (Å²) in [6, 6.07) is 0. The summed E-state index contributed by atoms with van der Waals surface area (Å²) in [4.78, 5) is 12.1. The second-order valence-corrected chi connectivity index (χ2v) is 11.4. The molecule has 186 valence electrons. The largest absolute Gasteiger partial charge is 0.391 e. The van der Waals surface area contributed by atoms with Crippen molar-refractivity contribution in [3.8, 4) is 0 Å². The van der Waals surface area contributed by atoms with Crippen molar-refractivity contribution in [3.05, 3.63) is 0 Å². The molecular weight excluding hydrogens is 420 g/mol. The van der Waals surface area contributed by atoms with Gasteiger partial charge in [0.2, 0.25) is 0 Å². The summed E-state index contributed by atoms with van der Waals surface area (Å²) in [5.41, 5.74) is 0. The zero-order valence-electron chi connectivity index (χ0n) is 21.3. The van der Waals surface area contributed by atoms with Crippen LogP contribution in [0.25, 0.3) is 0 Å². The van der Waals surface area contributed by atoms with Crippen LogP contribution in [-0.4, -0.2) is 22.7 Å². The summed E-state index contributed by atoms with van der Waals surface area (Å²) in [6.45, 7) is 6.54. The molecule has 0 aliphatic carbocycles. The molecule has 0 saturated carbocycles. The van der Waals surface area contributed by atoms with Crippen LogP contribution in [0.3, 0.4) is 0 Å². The second-order valence-electron chi connectivity index (χ2n) is 9.10.